The molecule has 0 unspecified atom stereocenters. The summed E-state index contributed by atoms with van der Waals surface area (Å²) in [7, 11) is 0. The fraction of sp³-hybridized carbons (Fsp3) is 0.531. The maximum atomic E-state index is 13.5. The molecule has 0 radical (unpaired) electrons. The van der Waals surface area contributed by atoms with Gasteiger partial charge in [-0.15, -0.1) is 0 Å². The Morgan fingerprint density at radius 1 is 0.957 bits per heavy atom. The number of aliphatic hydroxyl groups excluding tert-OH is 3. The lowest BCUT2D eigenvalue weighted by molar-refractivity contribution is -0.311. The van der Waals surface area contributed by atoms with E-state index in [1.165, 1.54) is 12.1 Å². The Balaban J connectivity index is 1.31. The molecule has 2 aliphatic heterocycles. The summed E-state index contributed by atoms with van der Waals surface area (Å²) in [6.07, 6.45) is -8.83. The summed E-state index contributed by atoms with van der Waals surface area (Å²) in [6.45, 7) is 2.23. The molecule has 10 atom stereocenters. The topological polar surface area (TPSA) is 236 Å². The van der Waals surface area contributed by atoms with Crippen molar-refractivity contribution >= 4 is 17.3 Å². The second kappa shape index (κ2) is 12.0. The van der Waals surface area contributed by atoms with Gasteiger partial charge >= 0.3 is 0 Å². The van der Waals surface area contributed by atoms with E-state index in [-0.39, 0.29) is 35.1 Å². The van der Waals surface area contributed by atoms with Crippen LogP contribution in [0.4, 0.5) is 0 Å². The molecule has 248 valence electrons. The number of aromatic hydroxyl groups is 2. The highest BCUT2D eigenvalue weighted by Gasteiger charge is 2.50. The van der Waals surface area contributed by atoms with Crippen LogP contribution in [0.5, 0.6) is 11.5 Å². The highest BCUT2D eigenvalue weighted by molar-refractivity contribution is 6.30. The van der Waals surface area contributed by atoms with Crippen molar-refractivity contribution in [3.05, 3.63) is 57.6 Å². The van der Waals surface area contributed by atoms with Gasteiger partial charge in [0.15, 0.2) is 29.9 Å². The Labute approximate surface area is 263 Å². The Morgan fingerprint density at radius 2 is 1.54 bits per heavy atom. The van der Waals surface area contributed by atoms with Gasteiger partial charge in [0, 0.05) is 54.0 Å². The monoisotopic (exact) mass is 643 g/mol. The van der Waals surface area contributed by atoms with Gasteiger partial charge < -0.3 is 55.3 Å². The molecule has 14 nitrogen and oxygen atoms in total. The molecule has 0 bridgehead atoms. The number of rotatable bonds is 6. The minimum Gasteiger partial charge on any atom is -0.507 e. The van der Waals surface area contributed by atoms with Gasteiger partial charge in [-0.05, 0) is 13.8 Å². The Morgan fingerprint density at radius 3 is 2.13 bits per heavy atom. The number of benzene rings is 2. The number of hydrogen-bond donors (Lipinski definition) is 7. The van der Waals surface area contributed by atoms with Crippen LogP contribution in [0.15, 0.2) is 24.3 Å². The van der Waals surface area contributed by atoms with Crippen molar-refractivity contribution < 1.29 is 64.0 Å². The average Bonchev–Trinajstić information content (AvgIpc) is 3.01. The van der Waals surface area contributed by atoms with E-state index >= 15 is 0 Å². The number of ketones is 3. The van der Waals surface area contributed by atoms with E-state index in [4.69, 9.17) is 24.7 Å². The maximum Gasteiger partial charge on any atom is 0.198 e. The van der Waals surface area contributed by atoms with Crippen LogP contribution in [0, 0.1) is 0 Å². The van der Waals surface area contributed by atoms with Crippen molar-refractivity contribution in [2.24, 2.45) is 5.73 Å². The molecule has 6 rings (SSSR count). The molecule has 2 aromatic rings. The molecular formula is C32H37NO13. The first-order chi connectivity index (χ1) is 21.7. The Kier molecular flexibility index (Phi) is 8.54. The number of fused-ring (bicyclic) bond motifs is 3. The number of ether oxygens (including phenoxy) is 4. The smallest absolute Gasteiger partial charge is 0.198 e. The van der Waals surface area contributed by atoms with E-state index < -0.39 is 120 Å². The van der Waals surface area contributed by atoms with Gasteiger partial charge in [-0.1, -0.05) is 24.3 Å². The van der Waals surface area contributed by atoms with Gasteiger partial charge in [0.25, 0.3) is 0 Å². The summed E-state index contributed by atoms with van der Waals surface area (Å²) in [5.41, 5.74) is 2.51. The van der Waals surface area contributed by atoms with Crippen molar-refractivity contribution in [1.82, 2.24) is 0 Å². The number of carbonyl (C=O) groups is 3. The van der Waals surface area contributed by atoms with Gasteiger partial charge in [0.05, 0.1) is 41.6 Å². The average molecular weight is 644 g/mol. The van der Waals surface area contributed by atoms with Crippen molar-refractivity contribution in [3.8, 4) is 11.5 Å². The SMILES string of the molecule is C[C@@H]1O[C@@H](O[C@@H]2[C@H](C)O[C@@H](O[C@H]3C[C@](O)(C(=O)CO)Cc4c(O)c5c(c(O)c43)C(=O)c3ccccc3C5=O)C[C@@H]2O)C[C@H](N)[C@@H]1O. The lowest BCUT2D eigenvalue weighted by Crippen LogP contribution is -2.56. The zero-order chi connectivity index (χ0) is 33.2. The summed E-state index contributed by atoms with van der Waals surface area (Å²) in [4.78, 5) is 39.7. The minimum atomic E-state index is -2.28. The number of Topliss-reactive ketones (excluding diaryl/α,β-unsaturated/α-hetero) is 1. The largest absolute Gasteiger partial charge is 0.507 e. The summed E-state index contributed by atoms with van der Waals surface area (Å²) < 4.78 is 23.8. The lowest BCUT2D eigenvalue weighted by Gasteiger charge is -2.44. The molecule has 14 heteroatoms. The second-order valence-corrected chi connectivity index (χ2v) is 12.5. The first kappa shape index (κ1) is 32.6. The molecule has 0 aromatic heterocycles. The van der Waals surface area contributed by atoms with Crippen LogP contribution in [-0.4, -0.2) is 109 Å². The molecule has 0 spiro atoms. The van der Waals surface area contributed by atoms with Crippen LogP contribution in [0.3, 0.4) is 0 Å². The first-order valence-corrected chi connectivity index (χ1v) is 15.1. The third-order valence-electron chi connectivity index (χ3n) is 9.45. The molecule has 0 amide bonds. The van der Waals surface area contributed by atoms with Gasteiger partial charge in [-0.3, -0.25) is 14.4 Å². The molecule has 4 aliphatic rings. The van der Waals surface area contributed by atoms with E-state index in [2.05, 4.69) is 0 Å². The first-order valence-electron chi connectivity index (χ1n) is 15.1. The van der Waals surface area contributed by atoms with Gasteiger partial charge in [-0.25, -0.2) is 0 Å². The summed E-state index contributed by atoms with van der Waals surface area (Å²) in [5.74, 6) is -3.80. The lowest BCUT2D eigenvalue weighted by atomic mass is 9.72. The van der Waals surface area contributed by atoms with Crippen LogP contribution < -0.4 is 5.73 Å². The van der Waals surface area contributed by atoms with Crippen LogP contribution >= 0.6 is 0 Å². The van der Waals surface area contributed by atoms with Gasteiger partial charge in [-0.2, -0.15) is 0 Å². The van der Waals surface area contributed by atoms with Crippen LogP contribution in [-0.2, 0) is 30.2 Å². The second-order valence-electron chi connectivity index (χ2n) is 12.5. The van der Waals surface area contributed by atoms with E-state index in [0.29, 0.717) is 0 Å². The van der Waals surface area contributed by atoms with Crippen molar-refractivity contribution in [1.29, 1.82) is 0 Å². The third-order valence-corrected chi connectivity index (χ3v) is 9.45. The van der Waals surface area contributed by atoms with E-state index in [9.17, 15) is 45.0 Å². The Hall–Kier alpha value is -3.31. The maximum absolute atomic E-state index is 13.5. The number of phenols is 2. The normalized spacial score (nSPS) is 35.7. The fourth-order valence-corrected chi connectivity index (χ4v) is 7.00. The predicted molar refractivity (Wildman–Crippen MR) is 155 cm³/mol. The third kappa shape index (κ3) is 5.33. The van der Waals surface area contributed by atoms with Crippen LogP contribution in [0.25, 0.3) is 0 Å². The number of nitrogens with two attached hydrogens (primary N) is 1. The molecule has 2 saturated heterocycles. The highest BCUT2D eigenvalue weighted by atomic mass is 16.7. The molecule has 2 heterocycles. The zero-order valence-corrected chi connectivity index (χ0v) is 25.2. The summed E-state index contributed by atoms with van der Waals surface area (Å²) in [5, 5.41) is 65.1. The summed E-state index contributed by atoms with van der Waals surface area (Å²) in [6, 6.07) is 5.34. The van der Waals surface area contributed by atoms with Gasteiger partial charge in [0.1, 0.15) is 29.8 Å². The molecule has 46 heavy (non-hydrogen) atoms. The van der Waals surface area contributed by atoms with Crippen LogP contribution in [0.2, 0.25) is 0 Å². The van der Waals surface area contributed by atoms with E-state index in [0.717, 1.165) is 0 Å². The van der Waals surface area contributed by atoms with Crippen molar-refractivity contribution in [3.63, 3.8) is 0 Å². The molecular weight excluding hydrogens is 606 g/mol. The van der Waals surface area contributed by atoms with Crippen molar-refractivity contribution in [2.75, 3.05) is 6.61 Å². The molecule has 2 aromatic carbocycles. The molecule has 0 saturated carbocycles. The number of phenolic OH excluding ortho intramolecular Hbond substituents is 2. The number of hydrogen-bond acceptors (Lipinski definition) is 14. The minimum absolute atomic E-state index is 0.0153. The van der Waals surface area contributed by atoms with E-state index in [1.54, 1.807) is 26.0 Å². The molecule has 2 aliphatic carbocycles. The van der Waals surface area contributed by atoms with Crippen LogP contribution in [0.1, 0.15) is 82.2 Å². The molecule has 2 fully saturated rings. The Bertz CT molecular complexity index is 1550. The fourth-order valence-electron chi connectivity index (χ4n) is 7.00. The highest BCUT2D eigenvalue weighted by Crippen LogP contribution is 2.52. The summed E-state index contributed by atoms with van der Waals surface area (Å²) >= 11 is 0. The standard InChI is InChI=1S/C32H37NO13/c1-12-26(37)17(33)7-21(43-12)46-31-13(2)44-22(8-18(31)35)45-19-10-32(42,20(36)11-34)9-16-23(19)30(41)25-24(29(16)40)27(38)14-5-3-4-6-15(14)28(25)39/h3-6,12-13,17-19,21-22,26,31,34-35,37,40-42H,7-11,33H2,1-2H3/t12-,13-,17-,18-,19-,21-,22-,26+,31+,32-/m0/s1. The van der Waals surface area contributed by atoms with Crippen molar-refractivity contribution in [2.45, 2.75) is 100 Å². The van der Waals surface area contributed by atoms with Gasteiger partial charge in [0.2, 0.25) is 0 Å². The number of carbonyl (C=O) groups excluding carboxylic acids is 3. The predicted octanol–water partition coefficient (Wildman–Crippen LogP) is -0.126. The van der Waals surface area contributed by atoms with E-state index in [1.807, 2.05) is 0 Å². The molecule has 8 N–H and O–H groups in total. The quantitative estimate of drug-likeness (QED) is 0.173. The zero-order valence-electron chi connectivity index (χ0n) is 25.2. The number of aliphatic hydroxyl groups is 4.